The van der Waals surface area contributed by atoms with E-state index in [-0.39, 0.29) is 23.8 Å². The molecule has 1 aromatic carbocycles. The van der Waals surface area contributed by atoms with E-state index in [1.165, 1.54) is 15.8 Å². The summed E-state index contributed by atoms with van der Waals surface area (Å²) < 4.78 is 6.45. The molecule has 2 aromatic rings. The average molecular weight is 576 g/mol. The van der Waals surface area contributed by atoms with Crippen molar-refractivity contribution < 1.29 is 24.2 Å². The summed E-state index contributed by atoms with van der Waals surface area (Å²) >= 11 is 0. The number of aromatic nitrogens is 1. The van der Waals surface area contributed by atoms with Crippen molar-refractivity contribution in [2.24, 2.45) is 17.8 Å². The Morgan fingerprint density at radius 3 is 2.79 bits per heavy atom. The summed E-state index contributed by atoms with van der Waals surface area (Å²) in [6.45, 7) is 8.50. The predicted octanol–water partition coefficient (Wildman–Crippen LogP) is 2.43. The van der Waals surface area contributed by atoms with Crippen molar-refractivity contribution >= 4 is 34.2 Å². The van der Waals surface area contributed by atoms with Gasteiger partial charge < -0.3 is 20.3 Å². The van der Waals surface area contributed by atoms with Gasteiger partial charge >= 0.3 is 0 Å². The Morgan fingerprint density at radius 2 is 2.05 bits per heavy atom. The van der Waals surface area contributed by atoms with Crippen LogP contribution in [0.3, 0.4) is 0 Å². The van der Waals surface area contributed by atoms with Crippen molar-refractivity contribution in [1.29, 1.82) is 0 Å². The number of amides is 3. The molecule has 3 amide bonds. The van der Waals surface area contributed by atoms with Gasteiger partial charge in [0.25, 0.3) is 11.8 Å². The molecule has 3 fully saturated rings. The summed E-state index contributed by atoms with van der Waals surface area (Å²) in [5.74, 6) is -4.28. The number of ether oxygens (including phenoxy) is 1. The van der Waals surface area contributed by atoms with Crippen molar-refractivity contribution in [3.63, 3.8) is 0 Å². The number of benzene rings is 1. The van der Waals surface area contributed by atoms with Crippen LogP contribution in [0.5, 0.6) is 0 Å². The number of carbonyl (C=O) groups excluding carboxylic acids is 3. The first kappa shape index (κ1) is 27.6. The van der Waals surface area contributed by atoms with Crippen LogP contribution in [0.4, 0.5) is 0 Å². The number of H-pyrrole nitrogens is 1. The number of aliphatic hydroxyl groups is 1. The predicted molar refractivity (Wildman–Crippen MR) is 156 cm³/mol. The Morgan fingerprint density at radius 1 is 1.26 bits per heavy atom. The van der Waals surface area contributed by atoms with Gasteiger partial charge in [-0.1, -0.05) is 52.3 Å². The molecule has 5 heterocycles. The maximum Gasteiger partial charge on any atom is 0.281 e. The first-order valence-corrected chi connectivity index (χ1v) is 15.4. The van der Waals surface area contributed by atoms with Crippen LogP contribution in [0.25, 0.3) is 16.5 Å². The molecular weight excluding hydrogens is 534 g/mol. The third kappa shape index (κ3) is 3.58. The minimum atomic E-state index is -2.01. The Hall–Kier alpha value is -3.21. The number of piperazine rings is 1. The molecule has 0 radical (unpaired) electrons. The summed E-state index contributed by atoms with van der Waals surface area (Å²) in [6, 6.07) is 4.82. The number of likely N-dealkylation sites (N-methyl/N-ethyl adjacent to an activating group) is 1. The van der Waals surface area contributed by atoms with Crippen molar-refractivity contribution in [2.45, 2.75) is 83.1 Å². The monoisotopic (exact) mass is 575 g/mol. The second kappa shape index (κ2) is 9.39. The van der Waals surface area contributed by atoms with Gasteiger partial charge in [-0.2, -0.15) is 0 Å². The minimum Gasteiger partial charge on any atom is -0.361 e. The van der Waals surface area contributed by atoms with E-state index in [4.69, 9.17) is 4.74 Å². The second-order valence-corrected chi connectivity index (χ2v) is 13.3. The van der Waals surface area contributed by atoms with Crippen LogP contribution in [0, 0.1) is 17.8 Å². The van der Waals surface area contributed by atoms with E-state index in [1.807, 2.05) is 46.9 Å². The highest BCUT2D eigenvalue weighted by molar-refractivity contribution is 6.01. The average Bonchev–Trinajstić information content (AvgIpc) is 3.68. The van der Waals surface area contributed by atoms with Gasteiger partial charge in [0.2, 0.25) is 17.5 Å². The molecule has 10 nitrogen and oxygen atoms in total. The SMILES string of the molecule is CC[C@@H](C)[C@H]1C(=O)N2CCC[C@H]2[C@]2(O)O[C@](NC(=O)[C@@H]3C=C4c5cccc6[nH]cc(c56)C[C@H]4N(C)C3)(C(C)C)C(=O)N12. The van der Waals surface area contributed by atoms with Crippen LogP contribution >= 0.6 is 0 Å². The third-order valence-electron chi connectivity index (χ3n) is 10.6. The summed E-state index contributed by atoms with van der Waals surface area (Å²) in [6.07, 6.45) is 6.87. The van der Waals surface area contributed by atoms with E-state index >= 15 is 0 Å². The fourth-order valence-corrected chi connectivity index (χ4v) is 8.11. The van der Waals surface area contributed by atoms with E-state index in [1.54, 1.807) is 4.90 Å². The molecule has 42 heavy (non-hydrogen) atoms. The molecule has 1 aliphatic carbocycles. The molecular formula is C32H41N5O5. The molecule has 3 saturated heterocycles. The van der Waals surface area contributed by atoms with Gasteiger partial charge in [0.15, 0.2) is 0 Å². The molecule has 5 aliphatic rings. The number of nitrogens with zero attached hydrogens (tertiary/aromatic N) is 3. The van der Waals surface area contributed by atoms with Gasteiger partial charge in [-0.25, -0.2) is 0 Å². The topological polar surface area (TPSA) is 118 Å². The molecule has 4 aliphatic heterocycles. The molecule has 224 valence electrons. The fourth-order valence-electron chi connectivity index (χ4n) is 8.11. The van der Waals surface area contributed by atoms with Crippen LogP contribution in [0.15, 0.2) is 30.5 Å². The lowest BCUT2D eigenvalue weighted by Gasteiger charge is -2.50. The minimum absolute atomic E-state index is 0.150. The standard InChI is InChI=1S/C32H41N5O5/c1-6-18(4)27-29(39)36-12-8-11-25(36)32(41)37(27)30(40)31(42-32,17(2)3)34-28(38)20-13-22-21-9-7-10-23-26(21)19(15-33-23)14-24(22)35(5)16-20/h7,9-10,13,15,17-18,20,24-25,27,33,41H,6,8,11-12,14,16H2,1-5H3,(H,34,38)/t18-,20-,24-,25+,27+,31-,32+/m1/s1. The molecule has 1 aromatic heterocycles. The van der Waals surface area contributed by atoms with Crippen LogP contribution < -0.4 is 5.32 Å². The molecule has 10 heteroatoms. The summed E-state index contributed by atoms with van der Waals surface area (Å²) in [5, 5.41) is 16.4. The Balaban J connectivity index is 1.25. The van der Waals surface area contributed by atoms with Gasteiger partial charge in [0.05, 0.1) is 5.92 Å². The molecule has 3 N–H and O–H groups in total. The zero-order chi connectivity index (χ0) is 29.7. The maximum atomic E-state index is 14.4. The number of rotatable bonds is 5. The first-order chi connectivity index (χ1) is 20.0. The number of fused-ring (bicyclic) bond motifs is 5. The molecule has 0 bridgehead atoms. The van der Waals surface area contributed by atoms with Gasteiger partial charge in [-0.05, 0) is 55.0 Å². The lowest BCUT2D eigenvalue weighted by atomic mass is 9.79. The van der Waals surface area contributed by atoms with Crippen LogP contribution in [0.1, 0.15) is 58.1 Å². The molecule has 0 saturated carbocycles. The van der Waals surface area contributed by atoms with Crippen LogP contribution in [-0.4, -0.2) is 92.4 Å². The molecule has 0 spiro atoms. The normalized spacial score (nSPS) is 34.9. The lowest BCUT2D eigenvalue weighted by molar-refractivity contribution is -0.324. The van der Waals surface area contributed by atoms with E-state index in [0.29, 0.717) is 25.9 Å². The maximum absolute atomic E-state index is 14.4. The summed E-state index contributed by atoms with van der Waals surface area (Å²) in [4.78, 5) is 50.8. The quantitative estimate of drug-likeness (QED) is 0.504. The largest absolute Gasteiger partial charge is 0.361 e. The highest BCUT2D eigenvalue weighted by atomic mass is 16.7. The summed E-state index contributed by atoms with van der Waals surface area (Å²) in [7, 11) is 2.03. The first-order valence-electron chi connectivity index (χ1n) is 15.4. The van der Waals surface area contributed by atoms with E-state index in [0.717, 1.165) is 29.5 Å². The Bertz CT molecular complexity index is 1520. The van der Waals surface area contributed by atoms with Crippen molar-refractivity contribution in [3.8, 4) is 0 Å². The molecule has 7 atom stereocenters. The van der Waals surface area contributed by atoms with Crippen LogP contribution in [-0.2, 0) is 25.5 Å². The van der Waals surface area contributed by atoms with Gasteiger partial charge in [-0.3, -0.25) is 28.9 Å². The van der Waals surface area contributed by atoms with Gasteiger partial charge in [0, 0.05) is 42.1 Å². The van der Waals surface area contributed by atoms with E-state index < -0.39 is 41.5 Å². The number of hydrogen-bond acceptors (Lipinski definition) is 6. The van der Waals surface area contributed by atoms with E-state index in [2.05, 4.69) is 33.5 Å². The molecule has 7 rings (SSSR count). The smallest absolute Gasteiger partial charge is 0.281 e. The lowest BCUT2D eigenvalue weighted by Crippen LogP contribution is -2.72. The van der Waals surface area contributed by atoms with E-state index in [9.17, 15) is 19.5 Å². The third-order valence-corrected chi connectivity index (χ3v) is 10.6. The summed E-state index contributed by atoms with van der Waals surface area (Å²) in [5.41, 5.74) is 2.79. The van der Waals surface area contributed by atoms with Crippen LogP contribution in [0.2, 0.25) is 0 Å². The molecule has 0 unspecified atom stereocenters. The van der Waals surface area contributed by atoms with Crippen molar-refractivity contribution in [2.75, 3.05) is 20.1 Å². The number of hydrogen-bond donors (Lipinski definition) is 3. The fraction of sp³-hybridized carbons (Fsp3) is 0.594. The highest BCUT2D eigenvalue weighted by Crippen LogP contribution is 2.49. The Labute approximate surface area is 246 Å². The highest BCUT2D eigenvalue weighted by Gasteiger charge is 2.72. The zero-order valence-electron chi connectivity index (χ0n) is 25.0. The zero-order valence-corrected chi connectivity index (χ0v) is 25.0. The number of carbonyl (C=O) groups is 3. The Kier molecular flexibility index (Phi) is 6.18. The van der Waals surface area contributed by atoms with Gasteiger partial charge in [0.1, 0.15) is 12.1 Å². The van der Waals surface area contributed by atoms with Gasteiger partial charge in [-0.15, -0.1) is 0 Å². The second-order valence-electron chi connectivity index (χ2n) is 13.3. The number of aromatic amines is 1. The van der Waals surface area contributed by atoms with Crippen molar-refractivity contribution in [3.05, 3.63) is 41.6 Å². The number of nitrogens with one attached hydrogen (secondary N) is 2. The van der Waals surface area contributed by atoms with Crippen molar-refractivity contribution in [1.82, 2.24) is 25.0 Å².